The Morgan fingerprint density at radius 2 is 1.92 bits per heavy atom. The molecule has 0 saturated heterocycles. The minimum atomic E-state index is -0.802. The van der Waals surface area contributed by atoms with Crippen molar-refractivity contribution < 1.29 is 18.5 Å². The van der Waals surface area contributed by atoms with Crippen LogP contribution in [-0.2, 0) is 0 Å². The number of rotatable bonds is 7. The number of carbonyl (C=O) groups excluding carboxylic acids is 1. The van der Waals surface area contributed by atoms with E-state index in [1.165, 1.54) is 13.0 Å². The number of para-hydroxylation sites is 1. The molecule has 2 rings (SSSR count). The molecule has 0 spiro atoms. The molecule has 2 aromatic carbocycles. The number of carbonyl (C=O) groups is 1. The number of benzene rings is 2. The van der Waals surface area contributed by atoms with E-state index in [2.05, 4.69) is 5.32 Å². The summed E-state index contributed by atoms with van der Waals surface area (Å²) in [7, 11) is 1.74. The molecule has 0 aromatic heterocycles. The maximum absolute atomic E-state index is 13.8. The fourth-order valence-electron chi connectivity index (χ4n) is 2.49. The highest BCUT2D eigenvalue weighted by Crippen LogP contribution is 2.22. The zero-order valence-corrected chi connectivity index (χ0v) is 14.5. The average molecular weight is 363 g/mol. The van der Waals surface area contributed by atoms with Crippen molar-refractivity contribution in [3.63, 3.8) is 0 Å². The molecule has 0 aliphatic rings. The van der Waals surface area contributed by atoms with Crippen LogP contribution in [0.15, 0.2) is 36.4 Å². The Hall–Kier alpha value is -3.03. The van der Waals surface area contributed by atoms with Gasteiger partial charge in [-0.1, -0.05) is 12.1 Å². The Labute approximate surface area is 149 Å². The molecule has 0 bridgehead atoms. The van der Waals surface area contributed by atoms with Crippen molar-refractivity contribution in [1.29, 1.82) is 0 Å². The van der Waals surface area contributed by atoms with E-state index in [-0.39, 0.29) is 23.5 Å². The third-order valence-electron chi connectivity index (χ3n) is 4.00. The Morgan fingerprint density at radius 3 is 2.58 bits per heavy atom. The number of hydrogen-bond acceptors (Lipinski definition) is 4. The van der Waals surface area contributed by atoms with Gasteiger partial charge in [0.1, 0.15) is 11.6 Å². The van der Waals surface area contributed by atoms with Crippen LogP contribution in [0.1, 0.15) is 22.3 Å². The summed E-state index contributed by atoms with van der Waals surface area (Å²) in [5.74, 6) is -1.73. The van der Waals surface area contributed by atoms with Gasteiger partial charge in [0.2, 0.25) is 0 Å². The smallest absolute Gasteiger partial charge is 0.276 e. The van der Waals surface area contributed by atoms with Crippen molar-refractivity contribution >= 4 is 17.3 Å². The van der Waals surface area contributed by atoms with Crippen LogP contribution in [0.25, 0.3) is 0 Å². The molecule has 2 aromatic rings. The average Bonchev–Trinajstić information content (AvgIpc) is 2.60. The van der Waals surface area contributed by atoms with Gasteiger partial charge in [0.25, 0.3) is 11.6 Å². The topological polar surface area (TPSA) is 75.5 Å². The van der Waals surface area contributed by atoms with E-state index in [0.29, 0.717) is 18.7 Å². The summed E-state index contributed by atoms with van der Waals surface area (Å²) in [4.78, 5) is 24.0. The number of hydrogen-bond donors (Lipinski definition) is 1. The second-order valence-electron chi connectivity index (χ2n) is 5.84. The summed E-state index contributed by atoms with van der Waals surface area (Å²) >= 11 is 0. The number of amides is 1. The van der Waals surface area contributed by atoms with Gasteiger partial charge in [0.15, 0.2) is 0 Å². The number of anilines is 1. The van der Waals surface area contributed by atoms with Crippen LogP contribution in [0.5, 0.6) is 0 Å². The molecule has 0 aliphatic heterocycles. The molecule has 0 saturated carbocycles. The van der Waals surface area contributed by atoms with Crippen LogP contribution in [0.4, 0.5) is 20.2 Å². The summed E-state index contributed by atoms with van der Waals surface area (Å²) in [6, 6.07) is 8.39. The minimum absolute atomic E-state index is 0.109. The van der Waals surface area contributed by atoms with Gasteiger partial charge in [0.05, 0.1) is 16.2 Å². The van der Waals surface area contributed by atoms with Crippen molar-refractivity contribution in [1.82, 2.24) is 5.32 Å². The third-order valence-corrected chi connectivity index (χ3v) is 4.00. The van der Waals surface area contributed by atoms with Crippen molar-refractivity contribution in [2.75, 3.05) is 25.0 Å². The number of nitro benzene ring substituents is 1. The molecule has 138 valence electrons. The summed E-state index contributed by atoms with van der Waals surface area (Å²) < 4.78 is 27.4. The Balaban J connectivity index is 1.91. The van der Waals surface area contributed by atoms with Gasteiger partial charge in [-0.25, -0.2) is 8.78 Å². The lowest BCUT2D eigenvalue weighted by molar-refractivity contribution is -0.385. The van der Waals surface area contributed by atoms with Crippen LogP contribution in [0.2, 0.25) is 0 Å². The summed E-state index contributed by atoms with van der Waals surface area (Å²) in [6.45, 7) is 2.04. The molecule has 0 atom stereocenters. The van der Waals surface area contributed by atoms with Gasteiger partial charge in [-0.05, 0) is 31.5 Å². The molecule has 0 aliphatic carbocycles. The minimum Gasteiger partial charge on any atom is -0.372 e. The zero-order chi connectivity index (χ0) is 19.3. The van der Waals surface area contributed by atoms with E-state index in [1.807, 2.05) is 0 Å². The fraction of sp³-hybridized carbons (Fsp3) is 0.278. The molecule has 6 nitrogen and oxygen atoms in total. The zero-order valence-electron chi connectivity index (χ0n) is 14.5. The second kappa shape index (κ2) is 8.37. The Kier molecular flexibility index (Phi) is 6.21. The molecule has 1 amide bonds. The van der Waals surface area contributed by atoms with E-state index in [0.717, 1.165) is 12.1 Å². The van der Waals surface area contributed by atoms with Crippen molar-refractivity contribution in [2.45, 2.75) is 13.3 Å². The van der Waals surface area contributed by atoms with Crippen molar-refractivity contribution in [3.8, 4) is 0 Å². The van der Waals surface area contributed by atoms with Crippen LogP contribution in [-0.4, -0.2) is 31.0 Å². The number of halogens is 2. The van der Waals surface area contributed by atoms with E-state index in [4.69, 9.17) is 0 Å². The number of nitro groups is 1. The van der Waals surface area contributed by atoms with E-state index >= 15 is 0 Å². The van der Waals surface area contributed by atoms with Gasteiger partial charge in [-0.2, -0.15) is 0 Å². The highest BCUT2D eigenvalue weighted by Gasteiger charge is 2.19. The first-order valence-corrected chi connectivity index (χ1v) is 7.99. The molecule has 0 unspecified atom stereocenters. The highest BCUT2D eigenvalue weighted by molar-refractivity contribution is 5.95. The molecular formula is C18H19F2N3O3. The molecular weight excluding hydrogens is 344 g/mol. The monoisotopic (exact) mass is 363 g/mol. The van der Waals surface area contributed by atoms with Crippen molar-refractivity contribution in [2.24, 2.45) is 0 Å². The first-order chi connectivity index (χ1) is 12.3. The molecule has 26 heavy (non-hydrogen) atoms. The van der Waals surface area contributed by atoms with Crippen molar-refractivity contribution in [3.05, 3.63) is 69.3 Å². The van der Waals surface area contributed by atoms with Gasteiger partial charge in [0, 0.05) is 31.8 Å². The van der Waals surface area contributed by atoms with Gasteiger partial charge >= 0.3 is 0 Å². The molecule has 0 fully saturated rings. The summed E-state index contributed by atoms with van der Waals surface area (Å²) in [6.07, 6.45) is 0.521. The lowest BCUT2D eigenvalue weighted by Crippen LogP contribution is -2.28. The molecule has 0 heterocycles. The summed E-state index contributed by atoms with van der Waals surface area (Å²) in [5.41, 5.74) is -0.204. The maximum atomic E-state index is 13.8. The molecule has 8 heteroatoms. The SMILES string of the molecule is Cc1c(F)cc(C(=O)NCCCN(C)c2ccccc2F)cc1[N+](=O)[O-]. The van der Waals surface area contributed by atoms with E-state index in [1.54, 1.807) is 30.1 Å². The lowest BCUT2D eigenvalue weighted by Gasteiger charge is -2.19. The highest BCUT2D eigenvalue weighted by atomic mass is 19.1. The van der Waals surface area contributed by atoms with Gasteiger partial charge in [-0.3, -0.25) is 14.9 Å². The number of nitrogens with zero attached hydrogens (tertiary/aromatic N) is 2. The standard InChI is InChI=1S/C18H19F2N3O3/c1-12-15(20)10-13(11-17(12)23(25)26)18(24)21-8-5-9-22(2)16-7-4-3-6-14(16)19/h3-4,6-7,10-11H,5,8-9H2,1-2H3,(H,21,24). The maximum Gasteiger partial charge on any atom is 0.276 e. The molecule has 1 N–H and O–H groups in total. The first-order valence-electron chi connectivity index (χ1n) is 7.99. The number of nitrogens with one attached hydrogen (secondary N) is 1. The van der Waals surface area contributed by atoms with Crippen LogP contribution < -0.4 is 10.2 Å². The van der Waals surface area contributed by atoms with Crippen LogP contribution in [0, 0.1) is 28.7 Å². The predicted octanol–water partition coefficient (Wildman–Crippen LogP) is 3.44. The quantitative estimate of drug-likeness (QED) is 0.464. The Morgan fingerprint density at radius 1 is 1.23 bits per heavy atom. The Bertz CT molecular complexity index is 827. The van der Waals surface area contributed by atoms with E-state index < -0.39 is 22.3 Å². The predicted molar refractivity (Wildman–Crippen MR) is 94.4 cm³/mol. The largest absolute Gasteiger partial charge is 0.372 e. The lowest BCUT2D eigenvalue weighted by atomic mass is 10.1. The van der Waals surface area contributed by atoms with Crippen LogP contribution in [0.3, 0.4) is 0 Å². The normalized spacial score (nSPS) is 10.5. The van der Waals surface area contributed by atoms with Gasteiger partial charge in [-0.15, -0.1) is 0 Å². The van der Waals surface area contributed by atoms with Crippen LogP contribution >= 0.6 is 0 Å². The third kappa shape index (κ3) is 4.53. The van der Waals surface area contributed by atoms with E-state index in [9.17, 15) is 23.7 Å². The summed E-state index contributed by atoms with van der Waals surface area (Å²) in [5, 5.41) is 13.5. The second-order valence-corrected chi connectivity index (χ2v) is 5.84. The first kappa shape index (κ1) is 19.3. The fourth-order valence-corrected chi connectivity index (χ4v) is 2.49. The van der Waals surface area contributed by atoms with Gasteiger partial charge < -0.3 is 10.2 Å². The molecule has 0 radical (unpaired) electrons.